The number of carbonyl (C=O) groups excluding carboxylic acids is 1. The quantitative estimate of drug-likeness (QED) is 0.776. The Labute approximate surface area is 143 Å². The number of nitrogens with zero attached hydrogens (tertiary/aromatic N) is 4. The van der Waals surface area contributed by atoms with Crippen molar-refractivity contribution in [1.82, 2.24) is 19.7 Å². The number of aryl methyl sites for hydroxylation is 2. The number of hydrogen-bond acceptors (Lipinski definition) is 3. The Morgan fingerprint density at radius 2 is 2.16 bits per heavy atom. The lowest BCUT2D eigenvalue weighted by Crippen LogP contribution is -2.39. The van der Waals surface area contributed by atoms with Gasteiger partial charge in [-0.2, -0.15) is 18.3 Å². The van der Waals surface area contributed by atoms with Gasteiger partial charge in [0.05, 0.1) is 16.6 Å². The van der Waals surface area contributed by atoms with Crippen LogP contribution < -0.4 is 0 Å². The molecule has 0 spiro atoms. The first-order valence-electron chi connectivity index (χ1n) is 8.02. The molecule has 2 aromatic heterocycles. The van der Waals surface area contributed by atoms with Gasteiger partial charge in [-0.25, -0.2) is 4.98 Å². The second kappa shape index (κ2) is 6.16. The van der Waals surface area contributed by atoms with Gasteiger partial charge in [-0.1, -0.05) is 6.08 Å². The highest BCUT2D eigenvalue weighted by atomic mass is 19.4. The van der Waals surface area contributed by atoms with Crippen LogP contribution in [-0.2, 0) is 7.05 Å². The van der Waals surface area contributed by atoms with Gasteiger partial charge in [-0.3, -0.25) is 9.48 Å². The van der Waals surface area contributed by atoms with Crippen molar-refractivity contribution in [2.45, 2.75) is 31.9 Å². The van der Waals surface area contributed by atoms with Gasteiger partial charge >= 0.3 is 6.18 Å². The molecule has 2 aromatic rings. The third kappa shape index (κ3) is 3.52. The molecule has 2 heterocycles. The van der Waals surface area contributed by atoms with Crippen LogP contribution in [0.2, 0.25) is 0 Å². The minimum atomic E-state index is -4.48. The number of aromatic nitrogens is 3. The SMILES string of the molecule is C=CCN(CC(F)(F)F)C(=O)c1cc(C2CC2)nc2c1c(C)nn2C. The van der Waals surface area contributed by atoms with Gasteiger partial charge in [0.15, 0.2) is 5.65 Å². The lowest BCUT2D eigenvalue weighted by molar-refractivity contribution is -0.139. The molecule has 0 atom stereocenters. The Kier molecular flexibility index (Phi) is 4.30. The molecule has 0 aromatic carbocycles. The van der Waals surface area contributed by atoms with Crippen molar-refractivity contribution in [2.24, 2.45) is 7.05 Å². The first-order chi connectivity index (χ1) is 11.7. The van der Waals surface area contributed by atoms with Gasteiger partial charge in [0.25, 0.3) is 5.91 Å². The summed E-state index contributed by atoms with van der Waals surface area (Å²) in [6.07, 6.45) is -1.24. The smallest absolute Gasteiger partial charge is 0.326 e. The molecule has 134 valence electrons. The molecule has 1 fully saturated rings. The van der Waals surface area contributed by atoms with E-state index in [4.69, 9.17) is 0 Å². The average Bonchev–Trinajstić information content (AvgIpc) is 3.32. The fraction of sp³-hybridized carbons (Fsp3) is 0.471. The lowest BCUT2D eigenvalue weighted by Gasteiger charge is -2.23. The molecule has 1 saturated carbocycles. The number of alkyl halides is 3. The summed E-state index contributed by atoms with van der Waals surface area (Å²) in [5, 5.41) is 4.78. The third-order valence-electron chi connectivity index (χ3n) is 4.22. The summed E-state index contributed by atoms with van der Waals surface area (Å²) in [5.41, 5.74) is 2.06. The fourth-order valence-electron chi connectivity index (χ4n) is 2.98. The average molecular weight is 352 g/mol. The first kappa shape index (κ1) is 17.4. The van der Waals surface area contributed by atoms with E-state index in [1.165, 1.54) is 6.08 Å². The minimum Gasteiger partial charge on any atom is -0.326 e. The van der Waals surface area contributed by atoms with Crippen LogP contribution in [0.15, 0.2) is 18.7 Å². The second-order valence-corrected chi connectivity index (χ2v) is 6.37. The molecular formula is C17H19F3N4O. The zero-order valence-corrected chi connectivity index (χ0v) is 14.1. The standard InChI is InChI=1S/C17H19F3N4O/c1-4-7-24(9-17(18,19)20)16(25)12-8-13(11-5-6-11)21-15-14(12)10(2)22-23(15)3/h4,8,11H,1,5-7,9H2,2-3H3. The number of pyridine rings is 1. The van der Waals surface area contributed by atoms with Crippen LogP contribution in [0.3, 0.4) is 0 Å². The molecule has 0 bridgehead atoms. The predicted octanol–water partition coefficient (Wildman–Crippen LogP) is 3.34. The molecule has 25 heavy (non-hydrogen) atoms. The molecular weight excluding hydrogens is 333 g/mol. The molecule has 0 radical (unpaired) electrons. The van der Waals surface area contributed by atoms with Gasteiger partial charge in [-0.15, -0.1) is 6.58 Å². The predicted molar refractivity (Wildman–Crippen MR) is 87.4 cm³/mol. The number of hydrogen-bond donors (Lipinski definition) is 0. The van der Waals surface area contributed by atoms with Crippen LogP contribution in [0.5, 0.6) is 0 Å². The maximum atomic E-state index is 12.9. The monoisotopic (exact) mass is 352 g/mol. The third-order valence-corrected chi connectivity index (χ3v) is 4.22. The molecule has 5 nitrogen and oxygen atoms in total. The zero-order chi connectivity index (χ0) is 18.4. The Morgan fingerprint density at radius 1 is 1.48 bits per heavy atom. The number of halogens is 3. The largest absolute Gasteiger partial charge is 0.406 e. The van der Waals surface area contributed by atoms with Gasteiger partial charge < -0.3 is 4.90 Å². The molecule has 0 N–H and O–H groups in total. The van der Waals surface area contributed by atoms with E-state index in [2.05, 4.69) is 16.7 Å². The highest BCUT2D eigenvalue weighted by Crippen LogP contribution is 2.40. The van der Waals surface area contributed by atoms with Crippen molar-refractivity contribution < 1.29 is 18.0 Å². The molecule has 0 aliphatic heterocycles. The zero-order valence-electron chi connectivity index (χ0n) is 14.1. The summed E-state index contributed by atoms with van der Waals surface area (Å²) in [6.45, 7) is 3.68. The number of amides is 1. The van der Waals surface area contributed by atoms with Crippen LogP contribution in [0.1, 0.15) is 40.5 Å². The van der Waals surface area contributed by atoms with E-state index in [0.717, 1.165) is 23.4 Å². The maximum Gasteiger partial charge on any atom is 0.406 e. The summed E-state index contributed by atoms with van der Waals surface area (Å²) >= 11 is 0. The highest BCUT2D eigenvalue weighted by molar-refractivity contribution is 6.06. The topological polar surface area (TPSA) is 51.0 Å². The summed E-state index contributed by atoms with van der Waals surface area (Å²) in [7, 11) is 1.71. The Hall–Kier alpha value is -2.38. The van der Waals surface area contributed by atoms with Crippen molar-refractivity contribution in [3.05, 3.63) is 35.7 Å². The van der Waals surface area contributed by atoms with Crippen LogP contribution in [0.4, 0.5) is 13.2 Å². The fourth-order valence-corrected chi connectivity index (χ4v) is 2.98. The molecule has 1 aliphatic carbocycles. The molecule has 0 saturated heterocycles. The van der Waals surface area contributed by atoms with Crippen LogP contribution in [-0.4, -0.2) is 44.8 Å². The van der Waals surface area contributed by atoms with Gasteiger partial charge in [0, 0.05) is 25.2 Å². The summed E-state index contributed by atoms with van der Waals surface area (Å²) in [5.74, 6) is -0.413. The molecule has 3 rings (SSSR count). The maximum absolute atomic E-state index is 12.9. The number of fused-ring (bicyclic) bond motifs is 1. The summed E-state index contributed by atoms with van der Waals surface area (Å²) in [4.78, 5) is 18.2. The van der Waals surface area contributed by atoms with Crippen molar-refractivity contribution in [2.75, 3.05) is 13.1 Å². The summed E-state index contributed by atoms with van der Waals surface area (Å²) in [6, 6.07) is 1.63. The molecule has 0 unspecified atom stereocenters. The molecule has 8 heteroatoms. The van der Waals surface area contributed by atoms with Gasteiger partial charge in [0.2, 0.25) is 0 Å². The van der Waals surface area contributed by atoms with Crippen molar-refractivity contribution in [1.29, 1.82) is 0 Å². The lowest BCUT2D eigenvalue weighted by atomic mass is 10.1. The summed E-state index contributed by atoms with van der Waals surface area (Å²) < 4.78 is 40.2. The van der Waals surface area contributed by atoms with Gasteiger partial charge in [0.1, 0.15) is 6.54 Å². The van der Waals surface area contributed by atoms with E-state index in [9.17, 15) is 18.0 Å². The minimum absolute atomic E-state index is 0.180. The normalized spacial score (nSPS) is 14.8. The highest BCUT2D eigenvalue weighted by Gasteiger charge is 2.35. The van der Waals surface area contributed by atoms with E-state index < -0.39 is 18.6 Å². The van der Waals surface area contributed by atoms with Gasteiger partial charge in [-0.05, 0) is 25.8 Å². The van der Waals surface area contributed by atoms with Crippen molar-refractivity contribution in [3.63, 3.8) is 0 Å². The number of carbonyl (C=O) groups is 1. The number of rotatable bonds is 5. The van der Waals surface area contributed by atoms with Crippen LogP contribution in [0, 0.1) is 6.92 Å². The van der Waals surface area contributed by atoms with E-state index in [1.54, 1.807) is 24.7 Å². The van der Waals surface area contributed by atoms with Crippen LogP contribution >= 0.6 is 0 Å². The Morgan fingerprint density at radius 3 is 2.72 bits per heavy atom. The Balaban J connectivity index is 2.11. The molecule has 1 aliphatic rings. The Bertz CT molecular complexity index is 837. The van der Waals surface area contributed by atoms with Crippen molar-refractivity contribution in [3.8, 4) is 0 Å². The first-order valence-corrected chi connectivity index (χ1v) is 8.02. The van der Waals surface area contributed by atoms with E-state index >= 15 is 0 Å². The second-order valence-electron chi connectivity index (χ2n) is 6.37. The van der Waals surface area contributed by atoms with E-state index in [1.807, 2.05) is 0 Å². The van der Waals surface area contributed by atoms with E-state index in [0.29, 0.717) is 16.7 Å². The molecule has 1 amide bonds. The van der Waals surface area contributed by atoms with Crippen molar-refractivity contribution >= 4 is 16.9 Å². The van der Waals surface area contributed by atoms with E-state index in [-0.39, 0.29) is 18.0 Å². The van der Waals surface area contributed by atoms with Crippen LogP contribution in [0.25, 0.3) is 11.0 Å².